The number of carbonyl (C=O) groups excluding carboxylic acids is 1. The van der Waals surface area contributed by atoms with Crippen molar-refractivity contribution in [3.63, 3.8) is 0 Å². The third-order valence-electron chi connectivity index (χ3n) is 3.43. The zero-order chi connectivity index (χ0) is 13.8. The Morgan fingerprint density at radius 3 is 2.89 bits per heavy atom. The van der Waals surface area contributed by atoms with Crippen LogP contribution in [0, 0.1) is 11.7 Å². The van der Waals surface area contributed by atoms with Crippen LogP contribution in [0.5, 0.6) is 0 Å². The standard InChI is InChI=1S/C14H17BrFNO2/c15-11-5-10(6-12(16)7-11)14(19)17-8-9-2-1-3-13(18)4-9/h5-7,9,13,18H,1-4,8H2,(H,17,19). The quantitative estimate of drug-likeness (QED) is 0.895. The van der Waals surface area contributed by atoms with Gasteiger partial charge >= 0.3 is 0 Å². The van der Waals surface area contributed by atoms with Gasteiger partial charge in [0.25, 0.3) is 5.91 Å². The Morgan fingerprint density at radius 2 is 2.21 bits per heavy atom. The van der Waals surface area contributed by atoms with Gasteiger partial charge in [-0.3, -0.25) is 4.79 Å². The molecule has 0 bridgehead atoms. The molecule has 3 nitrogen and oxygen atoms in total. The summed E-state index contributed by atoms with van der Waals surface area (Å²) in [7, 11) is 0. The average Bonchev–Trinajstić information content (AvgIpc) is 2.35. The summed E-state index contributed by atoms with van der Waals surface area (Å²) in [6.07, 6.45) is 3.34. The largest absolute Gasteiger partial charge is 0.393 e. The zero-order valence-electron chi connectivity index (χ0n) is 10.5. The summed E-state index contributed by atoms with van der Waals surface area (Å²) >= 11 is 3.16. The lowest BCUT2D eigenvalue weighted by Crippen LogP contribution is -2.33. The third-order valence-corrected chi connectivity index (χ3v) is 3.89. The fourth-order valence-electron chi connectivity index (χ4n) is 2.47. The molecule has 2 rings (SSSR count). The second-order valence-electron chi connectivity index (χ2n) is 5.05. The van der Waals surface area contributed by atoms with Crippen LogP contribution in [0.25, 0.3) is 0 Å². The second kappa shape index (κ2) is 6.48. The van der Waals surface area contributed by atoms with Crippen LogP contribution in [0.3, 0.4) is 0 Å². The van der Waals surface area contributed by atoms with E-state index in [2.05, 4.69) is 21.2 Å². The fourth-order valence-corrected chi connectivity index (χ4v) is 2.94. The first kappa shape index (κ1) is 14.5. The van der Waals surface area contributed by atoms with Crippen molar-refractivity contribution in [1.82, 2.24) is 5.32 Å². The maximum Gasteiger partial charge on any atom is 0.251 e. The van der Waals surface area contributed by atoms with Crippen LogP contribution in [0.1, 0.15) is 36.0 Å². The van der Waals surface area contributed by atoms with E-state index in [1.165, 1.54) is 12.1 Å². The van der Waals surface area contributed by atoms with Crippen LogP contribution in [0.15, 0.2) is 22.7 Å². The van der Waals surface area contributed by atoms with E-state index in [0.717, 1.165) is 25.7 Å². The van der Waals surface area contributed by atoms with Crippen LogP contribution in [-0.4, -0.2) is 23.7 Å². The van der Waals surface area contributed by atoms with Gasteiger partial charge in [0, 0.05) is 16.6 Å². The second-order valence-corrected chi connectivity index (χ2v) is 5.97. The van der Waals surface area contributed by atoms with Gasteiger partial charge in [0.1, 0.15) is 5.82 Å². The number of aliphatic hydroxyl groups excluding tert-OH is 1. The fraction of sp³-hybridized carbons (Fsp3) is 0.500. The molecule has 1 aliphatic rings. The summed E-state index contributed by atoms with van der Waals surface area (Å²) in [5, 5.41) is 12.4. The number of amides is 1. The summed E-state index contributed by atoms with van der Waals surface area (Å²) in [6.45, 7) is 0.532. The maximum absolute atomic E-state index is 13.2. The predicted molar refractivity (Wildman–Crippen MR) is 74.4 cm³/mol. The number of halogens is 2. The molecule has 1 aromatic carbocycles. The Balaban J connectivity index is 1.90. The van der Waals surface area contributed by atoms with E-state index in [-0.39, 0.29) is 12.0 Å². The highest BCUT2D eigenvalue weighted by molar-refractivity contribution is 9.10. The van der Waals surface area contributed by atoms with Gasteiger partial charge in [-0.1, -0.05) is 22.4 Å². The molecule has 1 aliphatic carbocycles. The van der Waals surface area contributed by atoms with Crippen molar-refractivity contribution in [3.8, 4) is 0 Å². The van der Waals surface area contributed by atoms with E-state index in [4.69, 9.17) is 0 Å². The highest BCUT2D eigenvalue weighted by atomic mass is 79.9. The molecular weight excluding hydrogens is 313 g/mol. The van der Waals surface area contributed by atoms with Gasteiger partial charge < -0.3 is 10.4 Å². The number of rotatable bonds is 3. The topological polar surface area (TPSA) is 49.3 Å². The molecule has 0 radical (unpaired) electrons. The molecule has 0 heterocycles. The zero-order valence-corrected chi connectivity index (χ0v) is 12.1. The smallest absolute Gasteiger partial charge is 0.251 e. The van der Waals surface area contributed by atoms with Crippen LogP contribution >= 0.6 is 15.9 Å². The van der Waals surface area contributed by atoms with Gasteiger partial charge in [-0.15, -0.1) is 0 Å². The summed E-state index contributed by atoms with van der Waals surface area (Å²) in [4.78, 5) is 11.9. The molecule has 0 aromatic heterocycles. The first-order valence-corrected chi connectivity index (χ1v) is 7.26. The summed E-state index contributed by atoms with van der Waals surface area (Å²) in [5.41, 5.74) is 0.309. The molecule has 1 fully saturated rings. The SMILES string of the molecule is O=C(NCC1CCCC(O)C1)c1cc(F)cc(Br)c1. The van der Waals surface area contributed by atoms with E-state index < -0.39 is 5.82 Å². The molecule has 19 heavy (non-hydrogen) atoms. The Hall–Kier alpha value is -0.940. The summed E-state index contributed by atoms with van der Waals surface area (Å²) in [6, 6.07) is 4.12. The molecule has 1 amide bonds. The van der Waals surface area contributed by atoms with Crippen molar-refractivity contribution >= 4 is 21.8 Å². The van der Waals surface area contributed by atoms with Crippen molar-refractivity contribution in [1.29, 1.82) is 0 Å². The maximum atomic E-state index is 13.2. The van der Waals surface area contributed by atoms with E-state index in [9.17, 15) is 14.3 Å². The Kier molecular flexibility index (Phi) is 4.93. The van der Waals surface area contributed by atoms with Crippen molar-refractivity contribution in [2.45, 2.75) is 31.8 Å². The molecule has 2 unspecified atom stereocenters. The van der Waals surface area contributed by atoms with Gasteiger partial charge in [0.15, 0.2) is 0 Å². The monoisotopic (exact) mass is 329 g/mol. The Morgan fingerprint density at radius 1 is 1.42 bits per heavy atom. The van der Waals surface area contributed by atoms with Gasteiger partial charge in [-0.05, 0) is 43.4 Å². The summed E-state index contributed by atoms with van der Waals surface area (Å²) in [5.74, 6) is -0.405. The molecule has 0 saturated heterocycles. The van der Waals surface area contributed by atoms with Crippen molar-refractivity contribution < 1.29 is 14.3 Å². The van der Waals surface area contributed by atoms with Crippen LogP contribution in [-0.2, 0) is 0 Å². The molecule has 2 atom stereocenters. The minimum Gasteiger partial charge on any atom is -0.393 e. The molecular formula is C14H17BrFNO2. The van der Waals surface area contributed by atoms with E-state index in [0.29, 0.717) is 22.5 Å². The lowest BCUT2D eigenvalue weighted by atomic mass is 9.87. The van der Waals surface area contributed by atoms with E-state index in [1.807, 2.05) is 0 Å². The Labute approximate surface area is 120 Å². The van der Waals surface area contributed by atoms with Gasteiger partial charge in [0.05, 0.1) is 6.10 Å². The number of benzene rings is 1. The van der Waals surface area contributed by atoms with Crippen LogP contribution in [0.2, 0.25) is 0 Å². The molecule has 5 heteroatoms. The summed E-state index contributed by atoms with van der Waals surface area (Å²) < 4.78 is 13.7. The molecule has 2 N–H and O–H groups in total. The molecule has 1 aromatic rings. The van der Waals surface area contributed by atoms with Gasteiger partial charge in [-0.25, -0.2) is 4.39 Å². The highest BCUT2D eigenvalue weighted by Crippen LogP contribution is 2.23. The van der Waals surface area contributed by atoms with E-state index >= 15 is 0 Å². The molecule has 0 aliphatic heterocycles. The van der Waals surface area contributed by atoms with Crippen LogP contribution in [0.4, 0.5) is 4.39 Å². The lowest BCUT2D eigenvalue weighted by molar-refractivity contribution is 0.0873. The molecule has 104 valence electrons. The first-order valence-electron chi connectivity index (χ1n) is 6.47. The van der Waals surface area contributed by atoms with E-state index in [1.54, 1.807) is 6.07 Å². The van der Waals surface area contributed by atoms with Crippen molar-refractivity contribution in [2.75, 3.05) is 6.54 Å². The predicted octanol–water partition coefficient (Wildman–Crippen LogP) is 2.87. The normalized spacial score (nSPS) is 23.1. The number of aliphatic hydroxyl groups is 1. The Bertz CT molecular complexity index is 447. The minimum atomic E-state index is -0.437. The highest BCUT2D eigenvalue weighted by Gasteiger charge is 2.20. The first-order chi connectivity index (χ1) is 9.04. The number of hydrogen-bond donors (Lipinski definition) is 2. The average molecular weight is 330 g/mol. The lowest BCUT2D eigenvalue weighted by Gasteiger charge is -2.25. The molecule has 0 spiro atoms. The van der Waals surface area contributed by atoms with Crippen molar-refractivity contribution in [2.24, 2.45) is 5.92 Å². The van der Waals surface area contributed by atoms with Gasteiger partial charge in [-0.2, -0.15) is 0 Å². The van der Waals surface area contributed by atoms with Crippen molar-refractivity contribution in [3.05, 3.63) is 34.1 Å². The number of carbonyl (C=O) groups is 1. The number of hydrogen-bond acceptors (Lipinski definition) is 2. The van der Waals surface area contributed by atoms with Gasteiger partial charge in [0.2, 0.25) is 0 Å². The van der Waals surface area contributed by atoms with Crippen LogP contribution < -0.4 is 5.32 Å². The molecule has 1 saturated carbocycles. The third kappa shape index (κ3) is 4.28. The minimum absolute atomic E-state index is 0.251. The number of nitrogens with one attached hydrogen (secondary N) is 1.